The maximum atomic E-state index is 12.1. The fourth-order valence-electron chi connectivity index (χ4n) is 2.81. The van der Waals surface area contributed by atoms with Gasteiger partial charge in [0.05, 0.1) is 0 Å². The number of amides is 1. The molecule has 1 aromatic heterocycles. The molecule has 0 spiro atoms. The van der Waals surface area contributed by atoms with Crippen LogP contribution in [-0.4, -0.2) is 47.0 Å². The monoisotopic (exact) mass is 285 g/mol. The Bertz CT molecular complexity index is 570. The van der Waals surface area contributed by atoms with E-state index < -0.39 is 0 Å². The lowest BCUT2D eigenvalue weighted by Crippen LogP contribution is -2.46. The van der Waals surface area contributed by atoms with E-state index in [1.54, 1.807) is 12.3 Å². The van der Waals surface area contributed by atoms with Gasteiger partial charge in [0.2, 0.25) is 11.9 Å². The third kappa shape index (κ3) is 2.97. The van der Waals surface area contributed by atoms with Gasteiger partial charge in [0.1, 0.15) is 11.8 Å². The Morgan fingerprint density at radius 1 is 1.38 bits per heavy atom. The zero-order chi connectivity index (χ0) is 14.8. The summed E-state index contributed by atoms with van der Waals surface area (Å²) in [6, 6.07) is 3.96. The Kier molecular flexibility index (Phi) is 3.74. The summed E-state index contributed by atoms with van der Waals surface area (Å²) in [5, 5.41) is 8.89. The first-order valence-electron chi connectivity index (χ1n) is 7.44. The smallest absolute Gasteiger partial charge is 0.226 e. The van der Waals surface area contributed by atoms with Crippen molar-refractivity contribution in [3.63, 3.8) is 0 Å². The van der Waals surface area contributed by atoms with Crippen LogP contribution < -0.4 is 4.90 Å². The summed E-state index contributed by atoms with van der Waals surface area (Å²) in [6.07, 6.45) is 5.58. The van der Waals surface area contributed by atoms with Gasteiger partial charge in [-0.25, -0.2) is 9.97 Å². The number of hydrogen-bond donors (Lipinski definition) is 0. The largest absolute Gasteiger partial charge is 0.342 e. The summed E-state index contributed by atoms with van der Waals surface area (Å²) in [7, 11) is 1.92. The van der Waals surface area contributed by atoms with E-state index in [9.17, 15) is 4.79 Å². The molecule has 0 N–H and O–H groups in total. The second kappa shape index (κ2) is 5.68. The molecule has 0 radical (unpaired) electrons. The first kappa shape index (κ1) is 13.8. The summed E-state index contributed by atoms with van der Waals surface area (Å²) in [5.41, 5.74) is 0.392. The van der Waals surface area contributed by atoms with Crippen LogP contribution in [0.5, 0.6) is 0 Å². The number of carbonyl (C=O) groups excluding carboxylic acids is 1. The third-order valence-electron chi connectivity index (χ3n) is 4.33. The first-order chi connectivity index (χ1) is 10.2. The average Bonchev–Trinajstić information content (AvgIpc) is 3.38. The van der Waals surface area contributed by atoms with Crippen molar-refractivity contribution in [2.75, 3.05) is 25.0 Å². The molecule has 2 aliphatic rings. The first-order valence-corrected chi connectivity index (χ1v) is 7.44. The van der Waals surface area contributed by atoms with Crippen LogP contribution in [0.2, 0.25) is 0 Å². The van der Waals surface area contributed by atoms with Crippen molar-refractivity contribution in [2.45, 2.75) is 31.7 Å². The zero-order valence-electron chi connectivity index (χ0n) is 12.2. The van der Waals surface area contributed by atoms with Gasteiger partial charge in [-0.05, 0) is 31.7 Å². The van der Waals surface area contributed by atoms with Gasteiger partial charge in [-0.2, -0.15) is 5.26 Å². The highest BCUT2D eigenvalue weighted by molar-refractivity contribution is 5.81. The summed E-state index contributed by atoms with van der Waals surface area (Å²) >= 11 is 0. The van der Waals surface area contributed by atoms with Crippen LogP contribution in [0.25, 0.3) is 0 Å². The molecule has 1 aliphatic carbocycles. The Labute approximate surface area is 124 Å². The van der Waals surface area contributed by atoms with Gasteiger partial charge >= 0.3 is 0 Å². The molecule has 1 aliphatic heterocycles. The van der Waals surface area contributed by atoms with E-state index in [-0.39, 0.29) is 5.92 Å². The van der Waals surface area contributed by atoms with Gasteiger partial charge in [0, 0.05) is 38.3 Å². The van der Waals surface area contributed by atoms with Gasteiger partial charge in [0.15, 0.2) is 0 Å². The summed E-state index contributed by atoms with van der Waals surface area (Å²) in [6.45, 7) is 1.64. The molecule has 0 unspecified atom stereocenters. The average molecular weight is 285 g/mol. The lowest BCUT2D eigenvalue weighted by atomic mass is 10.0. The Morgan fingerprint density at radius 2 is 2.10 bits per heavy atom. The predicted molar refractivity (Wildman–Crippen MR) is 77.5 cm³/mol. The van der Waals surface area contributed by atoms with E-state index in [0.717, 1.165) is 38.8 Å². The number of nitriles is 1. The number of piperidine rings is 1. The topological polar surface area (TPSA) is 73.1 Å². The minimum atomic E-state index is 0.281. The molecule has 2 heterocycles. The summed E-state index contributed by atoms with van der Waals surface area (Å²) < 4.78 is 0. The molecule has 110 valence electrons. The van der Waals surface area contributed by atoms with Crippen LogP contribution in [0.1, 0.15) is 31.4 Å². The molecule has 6 nitrogen and oxygen atoms in total. The van der Waals surface area contributed by atoms with E-state index in [0.29, 0.717) is 23.6 Å². The van der Waals surface area contributed by atoms with Gasteiger partial charge in [0.25, 0.3) is 0 Å². The molecule has 1 amide bonds. The molecular weight excluding hydrogens is 266 g/mol. The fourth-order valence-corrected chi connectivity index (χ4v) is 2.81. The quantitative estimate of drug-likeness (QED) is 0.834. The molecule has 1 saturated carbocycles. The van der Waals surface area contributed by atoms with Crippen LogP contribution >= 0.6 is 0 Å². The van der Waals surface area contributed by atoms with Crippen LogP contribution in [0.4, 0.5) is 5.95 Å². The number of anilines is 1. The number of hydrogen-bond acceptors (Lipinski definition) is 5. The van der Waals surface area contributed by atoms with Crippen LogP contribution in [0, 0.1) is 17.2 Å². The van der Waals surface area contributed by atoms with Crippen molar-refractivity contribution in [2.24, 2.45) is 5.92 Å². The van der Waals surface area contributed by atoms with Gasteiger partial charge < -0.3 is 9.80 Å². The molecule has 2 fully saturated rings. The van der Waals surface area contributed by atoms with E-state index in [1.807, 2.05) is 18.0 Å². The molecule has 0 aromatic carbocycles. The van der Waals surface area contributed by atoms with Crippen molar-refractivity contribution in [3.05, 3.63) is 18.0 Å². The standard InChI is InChI=1S/C15H19N5O/c1-19(14(21)11-2-3-11)13-5-8-20(9-6-13)15-17-7-4-12(10-16)18-15/h4,7,11,13H,2-3,5-6,8-9H2,1H3. The van der Waals surface area contributed by atoms with Gasteiger partial charge in [-0.1, -0.05) is 0 Å². The Morgan fingerprint density at radius 3 is 2.71 bits per heavy atom. The molecule has 0 atom stereocenters. The van der Waals surface area contributed by atoms with E-state index >= 15 is 0 Å². The number of aromatic nitrogens is 2. The minimum absolute atomic E-state index is 0.281. The molecule has 3 rings (SSSR count). The van der Waals surface area contributed by atoms with Gasteiger partial charge in [-0.3, -0.25) is 4.79 Å². The van der Waals surface area contributed by atoms with Crippen molar-refractivity contribution < 1.29 is 4.79 Å². The van der Waals surface area contributed by atoms with Crippen LogP contribution in [-0.2, 0) is 4.79 Å². The van der Waals surface area contributed by atoms with Crippen molar-refractivity contribution in [1.82, 2.24) is 14.9 Å². The number of rotatable bonds is 3. The molecule has 1 saturated heterocycles. The lowest BCUT2D eigenvalue weighted by molar-refractivity contribution is -0.133. The van der Waals surface area contributed by atoms with E-state index in [2.05, 4.69) is 14.9 Å². The fraction of sp³-hybridized carbons (Fsp3) is 0.600. The van der Waals surface area contributed by atoms with Crippen molar-refractivity contribution in [3.8, 4) is 6.07 Å². The van der Waals surface area contributed by atoms with Crippen molar-refractivity contribution >= 4 is 11.9 Å². The van der Waals surface area contributed by atoms with Crippen LogP contribution in [0.15, 0.2) is 12.3 Å². The SMILES string of the molecule is CN(C(=O)C1CC1)C1CCN(c2nccc(C#N)n2)CC1. The normalized spacial score (nSPS) is 19.1. The maximum absolute atomic E-state index is 12.1. The highest BCUT2D eigenvalue weighted by Crippen LogP contribution is 2.32. The van der Waals surface area contributed by atoms with Crippen LogP contribution in [0.3, 0.4) is 0 Å². The molecule has 21 heavy (non-hydrogen) atoms. The molecular formula is C15H19N5O. The highest BCUT2D eigenvalue weighted by atomic mass is 16.2. The zero-order valence-corrected chi connectivity index (χ0v) is 12.2. The highest BCUT2D eigenvalue weighted by Gasteiger charge is 2.35. The van der Waals surface area contributed by atoms with Crippen molar-refractivity contribution in [1.29, 1.82) is 5.26 Å². The van der Waals surface area contributed by atoms with E-state index in [1.165, 1.54) is 0 Å². The minimum Gasteiger partial charge on any atom is -0.342 e. The van der Waals surface area contributed by atoms with E-state index in [4.69, 9.17) is 5.26 Å². The molecule has 6 heteroatoms. The predicted octanol–water partition coefficient (Wildman–Crippen LogP) is 1.19. The molecule has 1 aromatic rings. The Hall–Kier alpha value is -2.16. The lowest BCUT2D eigenvalue weighted by Gasteiger charge is -2.36. The number of carbonyl (C=O) groups is 1. The second-order valence-electron chi connectivity index (χ2n) is 5.80. The summed E-state index contributed by atoms with van der Waals surface area (Å²) in [5.74, 6) is 1.20. The number of nitrogens with zero attached hydrogens (tertiary/aromatic N) is 5. The van der Waals surface area contributed by atoms with Gasteiger partial charge in [-0.15, -0.1) is 0 Å². The maximum Gasteiger partial charge on any atom is 0.226 e. The Balaban J connectivity index is 1.59. The second-order valence-corrected chi connectivity index (χ2v) is 5.80. The summed E-state index contributed by atoms with van der Waals surface area (Å²) in [4.78, 5) is 24.6. The third-order valence-corrected chi connectivity index (χ3v) is 4.33. The molecule has 0 bridgehead atoms.